The van der Waals surface area contributed by atoms with Crippen LogP contribution < -0.4 is 0 Å². The molecule has 0 fully saturated rings. The Bertz CT molecular complexity index is 259. The molecule has 6 heteroatoms. The van der Waals surface area contributed by atoms with Crippen molar-refractivity contribution >= 4 is 5.97 Å². The minimum absolute atomic E-state index is 0.0923. The molecule has 0 amide bonds. The van der Waals surface area contributed by atoms with Crippen molar-refractivity contribution < 1.29 is 30.0 Å². The molecule has 6 nitrogen and oxygen atoms in total. The topological polar surface area (TPSA) is 107 Å². The van der Waals surface area contributed by atoms with E-state index in [1.807, 2.05) is 0 Å². The van der Waals surface area contributed by atoms with Gasteiger partial charge in [0.05, 0.1) is 6.61 Å². The zero-order chi connectivity index (χ0) is 11.4. The Morgan fingerprint density at radius 2 is 2.20 bits per heavy atom. The van der Waals surface area contributed by atoms with Crippen molar-refractivity contribution in [1.29, 1.82) is 0 Å². The average Bonchev–Trinajstić information content (AvgIpc) is 2.18. The first-order valence-corrected chi connectivity index (χ1v) is 4.61. The summed E-state index contributed by atoms with van der Waals surface area (Å²) >= 11 is 0. The van der Waals surface area contributed by atoms with E-state index in [0.717, 1.165) is 0 Å². The van der Waals surface area contributed by atoms with E-state index in [1.165, 1.54) is 6.08 Å². The Morgan fingerprint density at radius 3 is 2.60 bits per heavy atom. The molecule has 1 aliphatic heterocycles. The van der Waals surface area contributed by atoms with E-state index in [4.69, 9.17) is 25.2 Å². The summed E-state index contributed by atoms with van der Waals surface area (Å²) in [6.07, 6.45) is -0.951. The lowest BCUT2D eigenvalue weighted by atomic mass is 9.96. The van der Waals surface area contributed by atoms with Gasteiger partial charge in [-0.2, -0.15) is 0 Å². The third-order valence-electron chi connectivity index (χ3n) is 2.24. The number of carboxylic acid groups (broad SMARTS) is 1. The van der Waals surface area contributed by atoms with Gasteiger partial charge in [-0.3, -0.25) is 0 Å². The van der Waals surface area contributed by atoms with Crippen LogP contribution in [0, 0.1) is 5.92 Å². The second-order valence-electron chi connectivity index (χ2n) is 3.50. The van der Waals surface area contributed by atoms with Crippen LogP contribution >= 0.6 is 0 Å². The monoisotopic (exact) mass is 218 g/mol. The molecular formula is C9H14O6. The Kier molecular flexibility index (Phi) is 4.07. The van der Waals surface area contributed by atoms with Gasteiger partial charge in [0.1, 0.15) is 6.10 Å². The minimum Gasteiger partial charge on any atom is -0.486 e. The van der Waals surface area contributed by atoms with Gasteiger partial charge in [-0.15, -0.1) is 0 Å². The summed E-state index contributed by atoms with van der Waals surface area (Å²) in [7, 11) is 0. The number of hydrogen-bond donors (Lipinski definition) is 4. The van der Waals surface area contributed by atoms with E-state index in [2.05, 4.69) is 0 Å². The molecule has 1 aliphatic rings. The molecule has 0 aromatic rings. The second-order valence-corrected chi connectivity index (χ2v) is 3.50. The van der Waals surface area contributed by atoms with E-state index in [9.17, 15) is 4.79 Å². The number of ether oxygens (including phenoxy) is 1. The second kappa shape index (κ2) is 5.11. The molecule has 0 aromatic heterocycles. The fraction of sp³-hybridized carbons (Fsp3) is 0.667. The van der Waals surface area contributed by atoms with E-state index >= 15 is 0 Å². The van der Waals surface area contributed by atoms with Gasteiger partial charge in [0.2, 0.25) is 0 Å². The Labute approximate surface area is 86.4 Å². The number of allylic oxidation sites excluding steroid dienone is 1. The summed E-state index contributed by atoms with van der Waals surface area (Å²) in [5, 5.41) is 35.0. The maximum absolute atomic E-state index is 10.5. The average molecular weight is 218 g/mol. The van der Waals surface area contributed by atoms with Crippen LogP contribution in [0.4, 0.5) is 0 Å². The van der Waals surface area contributed by atoms with Gasteiger partial charge >= 0.3 is 5.97 Å². The molecule has 0 saturated carbocycles. The van der Waals surface area contributed by atoms with Crippen LogP contribution in [-0.4, -0.2) is 45.4 Å². The van der Waals surface area contributed by atoms with Gasteiger partial charge in [0.15, 0.2) is 12.0 Å². The highest BCUT2D eigenvalue weighted by molar-refractivity contribution is 5.84. The first kappa shape index (κ1) is 12.0. The number of carboxylic acids is 1. The highest BCUT2D eigenvalue weighted by Crippen LogP contribution is 2.21. The third-order valence-corrected chi connectivity index (χ3v) is 2.24. The largest absolute Gasteiger partial charge is 0.486 e. The van der Waals surface area contributed by atoms with Crippen molar-refractivity contribution in [3.8, 4) is 0 Å². The van der Waals surface area contributed by atoms with Gasteiger partial charge < -0.3 is 25.2 Å². The van der Waals surface area contributed by atoms with Crippen molar-refractivity contribution in [1.82, 2.24) is 0 Å². The summed E-state index contributed by atoms with van der Waals surface area (Å²) in [6.45, 7) is 0.169. The molecule has 0 radical (unpaired) electrons. The van der Waals surface area contributed by atoms with Gasteiger partial charge in [0.25, 0.3) is 0 Å². The molecule has 15 heavy (non-hydrogen) atoms. The Morgan fingerprint density at radius 1 is 1.53 bits per heavy atom. The number of aliphatic carboxylic acids is 1. The SMILES string of the molecule is O=C(O)C1=CCC(CC(O)C(O)O)CO1. The van der Waals surface area contributed by atoms with Crippen molar-refractivity contribution in [3.63, 3.8) is 0 Å². The lowest BCUT2D eigenvalue weighted by molar-refractivity contribution is -0.139. The minimum atomic E-state index is -1.77. The first-order chi connectivity index (χ1) is 7.00. The zero-order valence-corrected chi connectivity index (χ0v) is 8.04. The molecule has 1 rings (SSSR count). The third kappa shape index (κ3) is 3.50. The summed E-state index contributed by atoms with van der Waals surface area (Å²) in [5.41, 5.74) is 0. The molecule has 2 unspecified atom stereocenters. The maximum atomic E-state index is 10.5. The molecule has 86 valence electrons. The standard InChI is InChI=1S/C9H14O6/c10-6(8(11)12)3-5-1-2-7(9(13)14)15-4-5/h2,5-6,8,10-12H,1,3-4H2,(H,13,14). The summed E-state index contributed by atoms with van der Waals surface area (Å²) in [5.74, 6) is -1.30. The quantitative estimate of drug-likeness (QED) is 0.453. The van der Waals surface area contributed by atoms with E-state index in [1.54, 1.807) is 0 Å². The van der Waals surface area contributed by atoms with Gasteiger partial charge in [-0.1, -0.05) is 0 Å². The lowest BCUT2D eigenvalue weighted by Crippen LogP contribution is -2.30. The van der Waals surface area contributed by atoms with Crippen molar-refractivity contribution in [2.75, 3.05) is 6.61 Å². The number of hydrogen-bond acceptors (Lipinski definition) is 5. The number of aliphatic hydroxyl groups is 3. The van der Waals surface area contributed by atoms with Crippen molar-refractivity contribution in [2.24, 2.45) is 5.92 Å². The molecular weight excluding hydrogens is 204 g/mol. The van der Waals surface area contributed by atoms with Crippen LogP contribution in [0.5, 0.6) is 0 Å². The van der Waals surface area contributed by atoms with Gasteiger partial charge in [-0.25, -0.2) is 4.79 Å². The molecule has 0 bridgehead atoms. The lowest BCUT2D eigenvalue weighted by Gasteiger charge is -2.23. The normalized spacial score (nSPS) is 23.2. The fourth-order valence-corrected chi connectivity index (χ4v) is 1.38. The highest BCUT2D eigenvalue weighted by Gasteiger charge is 2.24. The Hall–Kier alpha value is -1.11. The molecule has 0 aliphatic carbocycles. The Balaban J connectivity index is 2.41. The molecule has 1 heterocycles. The van der Waals surface area contributed by atoms with Crippen LogP contribution in [0.25, 0.3) is 0 Å². The predicted octanol–water partition coefficient (Wildman–Crippen LogP) is -0.947. The maximum Gasteiger partial charge on any atom is 0.370 e. The van der Waals surface area contributed by atoms with Gasteiger partial charge in [-0.05, 0) is 24.8 Å². The molecule has 0 saturated heterocycles. The van der Waals surface area contributed by atoms with Crippen LogP contribution in [0.15, 0.2) is 11.8 Å². The molecule has 0 spiro atoms. The van der Waals surface area contributed by atoms with Crippen LogP contribution in [0.3, 0.4) is 0 Å². The van der Waals surface area contributed by atoms with Crippen LogP contribution in [0.2, 0.25) is 0 Å². The fourth-order valence-electron chi connectivity index (χ4n) is 1.38. The summed E-state index contributed by atoms with van der Waals surface area (Å²) in [4.78, 5) is 10.5. The predicted molar refractivity (Wildman–Crippen MR) is 48.6 cm³/mol. The zero-order valence-electron chi connectivity index (χ0n) is 8.04. The van der Waals surface area contributed by atoms with Gasteiger partial charge in [0, 0.05) is 0 Å². The number of rotatable bonds is 4. The van der Waals surface area contributed by atoms with Crippen molar-refractivity contribution in [2.45, 2.75) is 25.2 Å². The van der Waals surface area contributed by atoms with E-state index in [-0.39, 0.29) is 24.7 Å². The van der Waals surface area contributed by atoms with E-state index in [0.29, 0.717) is 6.42 Å². The van der Waals surface area contributed by atoms with E-state index < -0.39 is 18.4 Å². The molecule has 0 aromatic carbocycles. The van der Waals surface area contributed by atoms with Crippen molar-refractivity contribution in [3.05, 3.63) is 11.8 Å². The summed E-state index contributed by atoms with van der Waals surface area (Å²) < 4.78 is 4.92. The molecule has 2 atom stereocenters. The highest BCUT2D eigenvalue weighted by atomic mass is 16.5. The number of aliphatic hydroxyl groups excluding tert-OH is 2. The number of carbonyl (C=O) groups is 1. The van der Waals surface area contributed by atoms with Crippen LogP contribution in [0.1, 0.15) is 12.8 Å². The van der Waals surface area contributed by atoms with Crippen LogP contribution in [-0.2, 0) is 9.53 Å². The smallest absolute Gasteiger partial charge is 0.370 e. The summed E-state index contributed by atoms with van der Waals surface area (Å²) in [6, 6.07) is 0. The first-order valence-electron chi connectivity index (χ1n) is 4.61. The molecule has 4 N–H and O–H groups in total.